The van der Waals surface area contributed by atoms with Crippen molar-refractivity contribution in [1.82, 2.24) is 15.0 Å². The van der Waals surface area contributed by atoms with Gasteiger partial charge in [-0.15, -0.1) is 0 Å². The minimum Gasteiger partial charge on any atom is -0.397 e. The van der Waals surface area contributed by atoms with E-state index in [1.54, 1.807) is 44.3 Å². The molecule has 3 aromatic rings. The summed E-state index contributed by atoms with van der Waals surface area (Å²) in [5.74, 6) is -0.187. The third kappa shape index (κ3) is 4.46. The SMILES string of the molecule is CC(C)(O)C1CN(c2cnc(C(=O)Nc3cc(-c4ccc(F)nc4)ccc3N)cn2)C1. The lowest BCUT2D eigenvalue weighted by atomic mass is 9.84. The fourth-order valence-corrected chi connectivity index (χ4v) is 3.29. The Morgan fingerprint density at radius 1 is 1.13 bits per heavy atom. The first kappa shape index (κ1) is 20.7. The molecular formula is C22H23FN6O2. The van der Waals surface area contributed by atoms with Crippen LogP contribution in [-0.2, 0) is 0 Å². The largest absolute Gasteiger partial charge is 0.397 e. The second-order valence-corrected chi connectivity index (χ2v) is 8.14. The monoisotopic (exact) mass is 422 g/mol. The molecule has 0 unspecified atom stereocenters. The second kappa shape index (κ2) is 7.92. The molecule has 1 amide bonds. The highest BCUT2D eigenvalue weighted by atomic mass is 19.1. The highest BCUT2D eigenvalue weighted by Gasteiger charge is 2.38. The number of halogens is 1. The predicted octanol–water partition coefficient (Wildman–Crippen LogP) is 2.72. The van der Waals surface area contributed by atoms with Crippen LogP contribution >= 0.6 is 0 Å². The number of carbonyl (C=O) groups excluding carboxylic acids is 1. The summed E-state index contributed by atoms with van der Waals surface area (Å²) in [6.07, 6.45) is 4.36. The van der Waals surface area contributed by atoms with E-state index in [0.717, 1.165) is 5.56 Å². The van der Waals surface area contributed by atoms with Gasteiger partial charge < -0.3 is 21.1 Å². The van der Waals surface area contributed by atoms with Crippen molar-refractivity contribution in [1.29, 1.82) is 0 Å². The van der Waals surface area contributed by atoms with Crippen LogP contribution in [0, 0.1) is 11.9 Å². The van der Waals surface area contributed by atoms with Crippen LogP contribution in [0.2, 0.25) is 0 Å². The number of nitrogens with one attached hydrogen (secondary N) is 1. The lowest BCUT2D eigenvalue weighted by Crippen LogP contribution is -2.56. The topological polar surface area (TPSA) is 117 Å². The van der Waals surface area contributed by atoms with E-state index in [-0.39, 0.29) is 11.6 Å². The van der Waals surface area contributed by atoms with Gasteiger partial charge in [-0.3, -0.25) is 4.79 Å². The van der Waals surface area contributed by atoms with Gasteiger partial charge in [-0.2, -0.15) is 4.39 Å². The minimum absolute atomic E-state index is 0.150. The van der Waals surface area contributed by atoms with Gasteiger partial charge in [0.1, 0.15) is 11.5 Å². The summed E-state index contributed by atoms with van der Waals surface area (Å²) in [7, 11) is 0. The molecule has 0 saturated carbocycles. The van der Waals surface area contributed by atoms with Gasteiger partial charge in [0, 0.05) is 30.8 Å². The number of rotatable bonds is 5. The summed E-state index contributed by atoms with van der Waals surface area (Å²) in [4.78, 5) is 26.8. The normalized spacial score (nSPS) is 14.3. The molecule has 3 heterocycles. The van der Waals surface area contributed by atoms with Gasteiger partial charge >= 0.3 is 0 Å². The maximum absolute atomic E-state index is 13.1. The second-order valence-electron chi connectivity index (χ2n) is 8.14. The first-order chi connectivity index (χ1) is 14.7. The zero-order valence-electron chi connectivity index (χ0n) is 17.2. The lowest BCUT2D eigenvalue weighted by molar-refractivity contribution is 0.00436. The van der Waals surface area contributed by atoms with Gasteiger partial charge in [0.25, 0.3) is 5.91 Å². The van der Waals surface area contributed by atoms with Crippen LogP contribution < -0.4 is 16.0 Å². The number of nitrogens with zero attached hydrogens (tertiary/aromatic N) is 4. The van der Waals surface area contributed by atoms with Crippen molar-refractivity contribution >= 4 is 23.1 Å². The van der Waals surface area contributed by atoms with E-state index in [9.17, 15) is 14.3 Å². The Balaban J connectivity index is 1.45. The van der Waals surface area contributed by atoms with E-state index < -0.39 is 17.5 Å². The van der Waals surface area contributed by atoms with Crippen molar-refractivity contribution in [3.8, 4) is 11.1 Å². The number of nitrogen functional groups attached to an aromatic ring is 1. The van der Waals surface area contributed by atoms with Crippen molar-refractivity contribution in [3.05, 3.63) is 60.6 Å². The molecule has 2 aromatic heterocycles. The molecule has 0 aliphatic carbocycles. The van der Waals surface area contributed by atoms with E-state index in [0.29, 0.717) is 35.8 Å². The van der Waals surface area contributed by atoms with Gasteiger partial charge in [0.2, 0.25) is 5.95 Å². The average molecular weight is 422 g/mol. The summed E-state index contributed by atoms with van der Waals surface area (Å²) < 4.78 is 13.1. The van der Waals surface area contributed by atoms with Crippen LogP contribution in [0.25, 0.3) is 11.1 Å². The van der Waals surface area contributed by atoms with E-state index in [4.69, 9.17) is 5.73 Å². The number of pyridine rings is 1. The van der Waals surface area contributed by atoms with E-state index >= 15 is 0 Å². The van der Waals surface area contributed by atoms with Gasteiger partial charge in [0.05, 0.1) is 29.4 Å². The average Bonchev–Trinajstić information content (AvgIpc) is 2.68. The molecule has 0 spiro atoms. The third-order valence-corrected chi connectivity index (χ3v) is 5.44. The number of aliphatic hydroxyl groups is 1. The maximum atomic E-state index is 13.1. The van der Waals surface area contributed by atoms with Crippen LogP contribution in [-0.4, -0.2) is 44.7 Å². The fraction of sp³-hybridized carbons (Fsp3) is 0.273. The van der Waals surface area contributed by atoms with Gasteiger partial charge in [-0.25, -0.2) is 15.0 Å². The molecule has 31 heavy (non-hydrogen) atoms. The Morgan fingerprint density at radius 3 is 2.48 bits per heavy atom. The Bertz CT molecular complexity index is 1090. The van der Waals surface area contributed by atoms with Crippen molar-refractivity contribution < 1.29 is 14.3 Å². The maximum Gasteiger partial charge on any atom is 0.275 e. The van der Waals surface area contributed by atoms with Crippen LogP contribution in [0.15, 0.2) is 48.9 Å². The summed E-state index contributed by atoms with van der Waals surface area (Å²) >= 11 is 0. The van der Waals surface area contributed by atoms with Crippen LogP contribution in [0.5, 0.6) is 0 Å². The van der Waals surface area contributed by atoms with Crippen LogP contribution in [0.4, 0.5) is 21.6 Å². The van der Waals surface area contributed by atoms with Gasteiger partial charge in [-0.1, -0.05) is 6.07 Å². The summed E-state index contributed by atoms with van der Waals surface area (Å²) in [5, 5.41) is 12.8. The fourth-order valence-electron chi connectivity index (χ4n) is 3.29. The molecule has 160 valence electrons. The number of benzene rings is 1. The molecule has 8 nitrogen and oxygen atoms in total. The molecule has 9 heteroatoms. The molecular weight excluding hydrogens is 399 g/mol. The van der Waals surface area contributed by atoms with Gasteiger partial charge in [-0.05, 0) is 43.7 Å². The molecule has 1 aromatic carbocycles. The summed E-state index contributed by atoms with van der Waals surface area (Å²) in [5.41, 5.74) is 7.64. The van der Waals surface area contributed by atoms with E-state index in [1.807, 2.05) is 4.90 Å². The number of hydrogen-bond donors (Lipinski definition) is 3. The first-order valence-corrected chi connectivity index (χ1v) is 9.83. The number of anilines is 3. The van der Waals surface area contributed by atoms with Crippen molar-refractivity contribution in [2.45, 2.75) is 19.4 Å². The number of amides is 1. The summed E-state index contributed by atoms with van der Waals surface area (Å²) in [6, 6.07) is 7.99. The zero-order valence-corrected chi connectivity index (χ0v) is 17.2. The van der Waals surface area contributed by atoms with Crippen molar-refractivity contribution in [3.63, 3.8) is 0 Å². The first-order valence-electron chi connectivity index (χ1n) is 9.83. The van der Waals surface area contributed by atoms with Gasteiger partial charge in [0.15, 0.2) is 0 Å². The number of carbonyl (C=O) groups is 1. The van der Waals surface area contributed by atoms with Crippen LogP contribution in [0.3, 0.4) is 0 Å². The lowest BCUT2D eigenvalue weighted by Gasteiger charge is -2.45. The Hall–Kier alpha value is -3.59. The van der Waals surface area contributed by atoms with E-state index in [1.165, 1.54) is 18.5 Å². The molecule has 4 rings (SSSR count). The number of nitrogens with two attached hydrogens (primary N) is 1. The highest BCUT2D eigenvalue weighted by Crippen LogP contribution is 2.30. The van der Waals surface area contributed by atoms with E-state index in [2.05, 4.69) is 20.3 Å². The number of aromatic nitrogens is 3. The smallest absolute Gasteiger partial charge is 0.275 e. The highest BCUT2D eigenvalue weighted by molar-refractivity contribution is 6.04. The summed E-state index contributed by atoms with van der Waals surface area (Å²) in [6.45, 7) is 4.96. The Morgan fingerprint density at radius 2 is 1.87 bits per heavy atom. The minimum atomic E-state index is -0.734. The molecule has 0 bridgehead atoms. The Labute approximate surface area is 179 Å². The molecule has 1 aliphatic rings. The standard InChI is InChI=1S/C22H23FN6O2/c1-22(2,31)15-11-29(12-15)20-10-25-18(9-27-20)21(30)28-17-7-13(3-5-16(17)24)14-4-6-19(23)26-8-14/h3-10,15,31H,11-12,24H2,1-2H3,(H,28,30). The quantitative estimate of drug-likeness (QED) is 0.427. The predicted molar refractivity (Wildman–Crippen MR) is 116 cm³/mol. The molecule has 1 saturated heterocycles. The molecule has 1 aliphatic heterocycles. The molecule has 0 atom stereocenters. The number of hydrogen-bond acceptors (Lipinski definition) is 7. The van der Waals surface area contributed by atoms with Crippen molar-refractivity contribution in [2.24, 2.45) is 5.92 Å². The Kier molecular flexibility index (Phi) is 5.28. The molecule has 0 radical (unpaired) electrons. The molecule has 4 N–H and O–H groups in total. The van der Waals surface area contributed by atoms with Crippen LogP contribution in [0.1, 0.15) is 24.3 Å². The molecule has 1 fully saturated rings. The van der Waals surface area contributed by atoms with Crippen molar-refractivity contribution in [2.75, 3.05) is 29.0 Å². The zero-order chi connectivity index (χ0) is 22.2. The third-order valence-electron chi connectivity index (χ3n) is 5.44.